The molecule has 1 N–H and O–H groups in total. The normalized spacial score (nSPS) is 12.1. The Bertz CT molecular complexity index is 485. The lowest BCUT2D eigenvalue weighted by molar-refractivity contribution is 0.677. The van der Waals surface area contributed by atoms with Gasteiger partial charge in [0.05, 0.1) is 6.04 Å². The number of rotatable bonds is 5. The molecule has 2 aromatic rings. The Morgan fingerprint density at radius 3 is 2.67 bits per heavy atom. The van der Waals surface area contributed by atoms with Crippen LogP contribution in [-0.2, 0) is 0 Å². The number of pyridine rings is 1. The number of benzene rings is 1. The largest absolute Gasteiger partial charge is 0.378 e. The van der Waals surface area contributed by atoms with E-state index < -0.39 is 0 Å². The Morgan fingerprint density at radius 2 is 2.00 bits per heavy atom. The first-order valence-electron chi connectivity index (χ1n) is 6.22. The molecule has 2 nitrogen and oxygen atoms in total. The highest BCUT2D eigenvalue weighted by molar-refractivity contribution is 6.29. The zero-order chi connectivity index (χ0) is 12.8. The molecule has 1 unspecified atom stereocenters. The molecule has 0 saturated carbocycles. The van der Waals surface area contributed by atoms with Crippen molar-refractivity contribution in [2.45, 2.75) is 25.8 Å². The van der Waals surface area contributed by atoms with Gasteiger partial charge < -0.3 is 5.32 Å². The van der Waals surface area contributed by atoms with Crippen molar-refractivity contribution in [3.05, 3.63) is 59.4 Å². The summed E-state index contributed by atoms with van der Waals surface area (Å²) in [6.45, 7) is 2.19. The first-order valence-corrected chi connectivity index (χ1v) is 6.60. The predicted octanol–water partition coefficient (Wildman–Crippen LogP) is 4.69. The Morgan fingerprint density at radius 1 is 1.22 bits per heavy atom. The molecule has 1 aromatic heterocycles. The van der Waals surface area contributed by atoms with Crippen LogP contribution in [0.1, 0.15) is 31.4 Å². The highest BCUT2D eigenvalue weighted by Gasteiger charge is 2.09. The molecule has 0 fully saturated rings. The second-order valence-corrected chi connectivity index (χ2v) is 4.65. The SMILES string of the molecule is CCCC(Nc1ccnc(Cl)c1)c1ccccc1. The molecule has 0 radical (unpaired) electrons. The molecule has 0 amide bonds. The van der Waals surface area contributed by atoms with Gasteiger partial charge in [-0.1, -0.05) is 55.3 Å². The number of aromatic nitrogens is 1. The Balaban J connectivity index is 2.16. The van der Waals surface area contributed by atoms with Gasteiger partial charge in [-0.25, -0.2) is 4.98 Å². The average Bonchev–Trinajstić information content (AvgIpc) is 2.39. The van der Waals surface area contributed by atoms with Crippen molar-refractivity contribution in [3.8, 4) is 0 Å². The molecule has 18 heavy (non-hydrogen) atoms. The Labute approximate surface area is 113 Å². The topological polar surface area (TPSA) is 24.9 Å². The molecule has 1 atom stereocenters. The fourth-order valence-corrected chi connectivity index (χ4v) is 2.16. The monoisotopic (exact) mass is 260 g/mol. The lowest BCUT2D eigenvalue weighted by atomic mass is 10.0. The summed E-state index contributed by atoms with van der Waals surface area (Å²) in [5, 5.41) is 4.03. The summed E-state index contributed by atoms with van der Waals surface area (Å²) in [4.78, 5) is 3.99. The molecule has 1 heterocycles. The number of halogens is 1. The molecule has 3 heteroatoms. The van der Waals surface area contributed by atoms with E-state index >= 15 is 0 Å². The molecule has 94 valence electrons. The van der Waals surface area contributed by atoms with Crippen LogP contribution in [-0.4, -0.2) is 4.98 Å². The van der Waals surface area contributed by atoms with Gasteiger partial charge in [0.2, 0.25) is 0 Å². The molecule has 0 bridgehead atoms. The average molecular weight is 261 g/mol. The molecule has 0 aliphatic heterocycles. The lowest BCUT2D eigenvalue weighted by Crippen LogP contribution is -2.10. The fraction of sp³-hybridized carbons (Fsp3) is 0.267. The third kappa shape index (κ3) is 3.47. The van der Waals surface area contributed by atoms with Crippen LogP contribution in [0, 0.1) is 0 Å². The predicted molar refractivity (Wildman–Crippen MR) is 77.0 cm³/mol. The highest BCUT2D eigenvalue weighted by Crippen LogP contribution is 2.24. The molecule has 0 aliphatic carbocycles. The fourth-order valence-electron chi connectivity index (χ4n) is 1.99. The quantitative estimate of drug-likeness (QED) is 0.789. The standard InChI is InChI=1S/C15H17ClN2/c1-2-6-14(12-7-4-3-5-8-12)18-13-9-10-17-15(16)11-13/h3-5,7-11,14H,2,6H2,1H3,(H,17,18). The van der Waals surface area contributed by atoms with Crippen molar-refractivity contribution in [1.82, 2.24) is 4.98 Å². The molecular weight excluding hydrogens is 244 g/mol. The van der Waals surface area contributed by atoms with Crippen LogP contribution in [0.3, 0.4) is 0 Å². The minimum atomic E-state index is 0.315. The van der Waals surface area contributed by atoms with Crippen molar-refractivity contribution >= 4 is 17.3 Å². The van der Waals surface area contributed by atoms with Crippen LogP contribution in [0.15, 0.2) is 48.7 Å². The van der Waals surface area contributed by atoms with Gasteiger partial charge in [0.25, 0.3) is 0 Å². The van der Waals surface area contributed by atoms with Crippen LogP contribution in [0.25, 0.3) is 0 Å². The number of nitrogens with one attached hydrogen (secondary N) is 1. The van der Waals surface area contributed by atoms with E-state index in [1.54, 1.807) is 6.20 Å². The number of nitrogens with zero attached hydrogens (tertiary/aromatic N) is 1. The smallest absolute Gasteiger partial charge is 0.131 e. The van der Waals surface area contributed by atoms with E-state index in [0.29, 0.717) is 11.2 Å². The number of hydrogen-bond donors (Lipinski definition) is 1. The van der Waals surface area contributed by atoms with Gasteiger partial charge >= 0.3 is 0 Å². The maximum absolute atomic E-state index is 5.90. The number of hydrogen-bond acceptors (Lipinski definition) is 2. The van der Waals surface area contributed by atoms with Crippen LogP contribution >= 0.6 is 11.6 Å². The van der Waals surface area contributed by atoms with Crippen LogP contribution in [0.4, 0.5) is 5.69 Å². The van der Waals surface area contributed by atoms with Gasteiger partial charge in [0.1, 0.15) is 5.15 Å². The van der Waals surface area contributed by atoms with E-state index in [1.807, 2.05) is 18.2 Å². The molecule has 2 rings (SSSR count). The van der Waals surface area contributed by atoms with E-state index in [9.17, 15) is 0 Å². The zero-order valence-corrected chi connectivity index (χ0v) is 11.2. The zero-order valence-electron chi connectivity index (χ0n) is 10.4. The van der Waals surface area contributed by atoms with Crippen LogP contribution in [0.5, 0.6) is 0 Å². The first-order chi connectivity index (χ1) is 8.79. The summed E-state index contributed by atoms with van der Waals surface area (Å²) in [6, 6.07) is 14.6. The van der Waals surface area contributed by atoms with Gasteiger partial charge in [-0.15, -0.1) is 0 Å². The Kier molecular flexibility index (Phi) is 4.59. The first kappa shape index (κ1) is 12.9. The van der Waals surface area contributed by atoms with Gasteiger partial charge in [-0.3, -0.25) is 0 Å². The van der Waals surface area contributed by atoms with Gasteiger partial charge in [-0.05, 0) is 24.1 Å². The van der Waals surface area contributed by atoms with Crippen molar-refractivity contribution in [3.63, 3.8) is 0 Å². The molecule has 0 saturated heterocycles. The summed E-state index contributed by atoms with van der Waals surface area (Å²) < 4.78 is 0. The summed E-state index contributed by atoms with van der Waals surface area (Å²) in [7, 11) is 0. The molecule has 0 spiro atoms. The van der Waals surface area contributed by atoms with E-state index in [-0.39, 0.29) is 0 Å². The van der Waals surface area contributed by atoms with Gasteiger partial charge in [0.15, 0.2) is 0 Å². The summed E-state index contributed by atoms with van der Waals surface area (Å²) in [5.41, 5.74) is 2.31. The number of anilines is 1. The molecule has 1 aromatic carbocycles. The van der Waals surface area contributed by atoms with Gasteiger partial charge in [0, 0.05) is 11.9 Å². The minimum Gasteiger partial charge on any atom is -0.378 e. The minimum absolute atomic E-state index is 0.315. The van der Waals surface area contributed by atoms with Crippen LogP contribution < -0.4 is 5.32 Å². The van der Waals surface area contributed by atoms with Crippen LogP contribution in [0.2, 0.25) is 5.15 Å². The summed E-state index contributed by atoms with van der Waals surface area (Å²) in [6.07, 6.45) is 3.94. The highest BCUT2D eigenvalue weighted by atomic mass is 35.5. The molecule has 0 aliphatic rings. The Hall–Kier alpha value is -1.54. The van der Waals surface area contributed by atoms with Crippen molar-refractivity contribution < 1.29 is 0 Å². The second kappa shape index (κ2) is 6.41. The van der Waals surface area contributed by atoms with E-state index in [0.717, 1.165) is 18.5 Å². The third-order valence-corrected chi connectivity index (χ3v) is 3.05. The summed E-state index contributed by atoms with van der Waals surface area (Å²) >= 11 is 5.90. The van der Waals surface area contributed by atoms with Gasteiger partial charge in [-0.2, -0.15) is 0 Å². The molecular formula is C15H17ClN2. The van der Waals surface area contributed by atoms with Crippen molar-refractivity contribution in [2.24, 2.45) is 0 Å². The maximum Gasteiger partial charge on any atom is 0.131 e. The van der Waals surface area contributed by atoms with Crippen molar-refractivity contribution in [2.75, 3.05) is 5.32 Å². The van der Waals surface area contributed by atoms with Crippen molar-refractivity contribution in [1.29, 1.82) is 0 Å². The second-order valence-electron chi connectivity index (χ2n) is 4.26. The lowest BCUT2D eigenvalue weighted by Gasteiger charge is -2.19. The van der Waals surface area contributed by atoms with E-state index in [4.69, 9.17) is 11.6 Å². The maximum atomic E-state index is 5.90. The summed E-state index contributed by atoms with van der Waals surface area (Å²) in [5.74, 6) is 0. The van der Waals surface area contributed by atoms with E-state index in [1.165, 1.54) is 5.56 Å². The van der Waals surface area contributed by atoms with E-state index in [2.05, 4.69) is 41.5 Å². The third-order valence-electron chi connectivity index (χ3n) is 2.85.